The van der Waals surface area contributed by atoms with Gasteiger partial charge in [-0.2, -0.15) is 0 Å². The summed E-state index contributed by atoms with van der Waals surface area (Å²) >= 11 is 0. The van der Waals surface area contributed by atoms with Crippen LogP contribution >= 0.6 is 0 Å². The molecule has 5 heteroatoms. The Labute approximate surface area is 127 Å². The number of unbranched alkanes of at least 4 members (excludes halogenated alkanes) is 1. The third-order valence-electron chi connectivity index (χ3n) is 2.51. The zero-order chi connectivity index (χ0) is 16.5. The molecule has 1 amide bonds. The van der Waals surface area contributed by atoms with Crippen molar-refractivity contribution in [3.8, 4) is 0 Å². The van der Waals surface area contributed by atoms with Gasteiger partial charge >= 0.3 is 12.1 Å². The van der Waals surface area contributed by atoms with E-state index in [4.69, 9.17) is 9.47 Å². The van der Waals surface area contributed by atoms with Crippen LogP contribution in [0.5, 0.6) is 0 Å². The fourth-order valence-electron chi connectivity index (χ4n) is 1.48. The van der Waals surface area contributed by atoms with Crippen LogP contribution in [0, 0.1) is 0 Å². The lowest BCUT2D eigenvalue weighted by Crippen LogP contribution is -2.44. The van der Waals surface area contributed by atoms with Crippen molar-refractivity contribution < 1.29 is 19.1 Å². The molecule has 0 aliphatic rings. The van der Waals surface area contributed by atoms with E-state index in [1.807, 2.05) is 0 Å². The van der Waals surface area contributed by atoms with Crippen LogP contribution in [0.15, 0.2) is 25.3 Å². The van der Waals surface area contributed by atoms with Crippen LogP contribution in [-0.2, 0) is 14.3 Å². The predicted molar refractivity (Wildman–Crippen MR) is 83.0 cm³/mol. The molecule has 0 radical (unpaired) electrons. The maximum absolute atomic E-state index is 12.0. The molecule has 0 aromatic rings. The molecule has 0 spiro atoms. The number of esters is 1. The first-order valence-corrected chi connectivity index (χ1v) is 7.13. The number of alkyl carbamates (subject to hydrolysis) is 1. The number of nitrogens with one attached hydrogen (secondary N) is 1. The average Bonchev–Trinajstić information content (AvgIpc) is 2.35. The van der Waals surface area contributed by atoms with E-state index in [1.165, 1.54) is 6.08 Å². The van der Waals surface area contributed by atoms with Gasteiger partial charge in [0.2, 0.25) is 0 Å². The minimum atomic E-state index is -0.734. The average molecular weight is 297 g/mol. The highest BCUT2D eigenvalue weighted by molar-refractivity contribution is 5.81. The Bertz CT molecular complexity index is 371. The van der Waals surface area contributed by atoms with Crippen LogP contribution in [0.4, 0.5) is 4.79 Å². The molecule has 0 fully saturated rings. The molecule has 0 bridgehead atoms. The second-order valence-electron chi connectivity index (χ2n) is 5.80. The van der Waals surface area contributed by atoms with Crippen molar-refractivity contribution in [2.24, 2.45) is 0 Å². The van der Waals surface area contributed by atoms with E-state index in [9.17, 15) is 9.59 Å². The molecule has 0 saturated heterocycles. The quantitative estimate of drug-likeness (QED) is 0.424. The summed E-state index contributed by atoms with van der Waals surface area (Å²) in [5, 5.41) is 2.56. The molecule has 120 valence electrons. The molecule has 2 atom stereocenters. The highest BCUT2D eigenvalue weighted by Gasteiger charge is 2.25. The van der Waals surface area contributed by atoms with Crippen molar-refractivity contribution in [2.75, 3.05) is 0 Å². The Morgan fingerprint density at radius 3 is 2.38 bits per heavy atom. The SMILES string of the molecule is C=CCCCC(NC(=O)OC(C)(C)C)C(=O)O[C@@H](C)C=C. The fraction of sp³-hybridized carbons (Fsp3) is 0.625. The molecular formula is C16H27NO4. The van der Waals surface area contributed by atoms with Crippen molar-refractivity contribution in [3.05, 3.63) is 25.3 Å². The Hall–Kier alpha value is -1.78. The molecule has 0 aromatic heterocycles. The van der Waals surface area contributed by atoms with Crippen molar-refractivity contribution in [3.63, 3.8) is 0 Å². The molecule has 1 unspecified atom stereocenters. The van der Waals surface area contributed by atoms with Crippen LogP contribution in [0.3, 0.4) is 0 Å². The van der Waals surface area contributed by atoms with E-state index in [0.29, 0.717) is 6.42 Å². The Morgan fingerprint density at radius 1 is 1.29 bits per heavy atom. The Kier molecular flexibility index (Phi) is 8.43. The third-order valence-corrected chi connectivity index (χ3v) is 2.51. The standard InChI is InChI=1S/C16H27NO4/c1-7-9-10-11-13(14(18)20-12(3)8-2)17-15(19)21-16(4,5)6/h7-8,12-13H,1-2,9-11H2,3-6H3,(H,17,19)/t12-,13?/m0/s1. The monoisotopic (exact) mass is 297 g/mol. The molecule has 21 heavy (non-hydrogen) atoms. The summed E-state index contributed by atoms with van der Waals surface area (Å²) in [4.78, 5) is 23.8. The van der Waals surface area contributed by atoms with Gasteiger partial charge in [0, 0.05) is 0 Å². The molecule has 0 aliphatic carbocycles. The molecule has 0 heterocycles. The summed E-state index contributed by atoms with van der Waals surface area (Å²) in [5.74, 6) is -0.489. The normalized spacial score (nSPS) is 13.7. The van der Waals surface area contributed by atoms with E-state index in [2.05, 4.69) is 18.5 Å². The summed E-state index contributed by atoms with van der Waals surface area (Å²) in [6, 6.07) is -0.734. The number of hydrogen-bond donors (Lipinski definition) is 1. The maximum Gasteiger partial charge on any atom is 0.408 e. The van der Waals surface area contributed by atoms with Gasteiger partial charge in [-0.05, 0) is 47.0 Å². The minimum Gasteiger partial charge on any atom is -0.457 e. The largest absolute Gasteiger partial charge is 0.457 e. The van der Waals surface area contributed by atoms with E-state index in [0.717, 1.165) is 12.8 Å². The van der Waals surface area contributed by atoms with Crippen molar-refractivity contribution in [1.29, 1.82) is 0 Å². The Morgan fingerprint density at radius 2 is 1.90 bits per heavy atom. The number of amides is 1. The van der Waals surface area contributed by atoms with Crippen LogP contribution in [0.1, 0.15) is 47.0 Å². The highest BCUT2D eigenvalue weighted by atomic mass is 16.6. The van der Waals surface area contributed by atoms with Gasteiger partial charge in [0.1, 0.15) is 17.7 Å². The minimum absolute atomic E-state index is 0.403. The zero-order valence-electron chi connectivity index (χ0n) is 13.5. The smallest absolute Gasteiger partial charge is 0.408 e. The van der Waals surface area contributed by atoms with Crippen molar-refractivity contribution in [1.82, 2.24) is 5.32 Å². The first-order valence-electron chi connectivity index (χ1n) is 7.13. The van der Waals surface area contributed by atoms with Gasteiger partial charge in [-0.1, -0.05) is 18.7 Å². The summed E-state index contributed by atoms with van der Waals surface area (Å²) < 4.78 is 10.3. The Balaban J connectivity index is 4.64. The van der Waals surface area contributed by atoms with Gasteiger partial charge in [0.05, 0.1) is 0 Å². The van der Waals surface area contributed by atoms with Gasteiger partial charge in [-0.15, -0.1) is 6.58 Å². The van der Waals surface area contributed by atoms with Gasteiger partial charge in [-0.3, -0.25) is 0 Å². The molecular weight excluding hydrogens is 270 g/mol. The fourth-order valence-corrected chi connectivity index (χ4v) is 1.48. The number of allylic oxidation sites excluding steroid dienone is 1. The van der Waals surface area contributed by atoms with E-state index < -0.39 is 29.8 Å². The zero-order valence-corrected chi connectivity index (χ0v) is 13.5. The summed E-state index contributed by atoms with van der Waals surface area (Å²) in [7, 11) is 0. The van der Waals surface area contributed by atoms with Crippen LogP contribution in [0.2, 0.25) is 0 Å². The van der Waals surface area contributed by atoms with Gasteiger partial charge in [-0.25, -0.2) is 9.59 Å². The molecule has 0 saturated carbocycles. The van der Waals surface area contributed by atoms with Gasteiger partial charge < -0.3 is 14.8 Å². The van der Waals surface area contributed by atoms with E-state index >= 15 is 0 Å². The highest BCUT2D eigenvalue weighted by Crippen LogP contribution is 2.10. The van der Waals surface area contributed by atoms with Crippen molar-refractivity contribution >= 4 is 12.1 Å². The third kappa shape index (κ3) is 9.71. The molecule has 1 N–H and O–H groups in total. The lowest BCUT2D eigenvalue weighted by Gasteiger charge is -2.23. The lowest BCUT2D eigenvalue weighted by atomic mass is 10.1. The number of carbonyl (C=O) groups is 2. The molecule has 0 aliphatic heterocycles. The number of carbonyl (C=O) groups excluding carboxylic acids is 2. The summed E-state index contributed by atoms with van der Waals surface area (Å²) in [6.45, 7) is 14.2. The second kappa shape index (κ2) is 9.21. The van der Waals surface area contributed by atoms with Gasteiger partial charge in [0.15, 0.2) is 0 Å². The molecule has 0 aromatic carbocycles. The summed E-state index contributed by atoms with van der Waals surface area (Å²) in [6.07, 6.45) is 4.20. The maximum atomic E-state index is 12.0. The van der Waals surface area contributed by atoms with Crippen LogP contribution < -0.4 is 5.32 Å². The van der Waals surface area contributed by atoms with Crippen LogP contribution in [-0.4, -0.2) is 29.8 Å². The topological polar surface area (TPSA) is 64.6 Å². The van der Waals surface area contributed by atoms with E-state index in [-0.39, 0.29) is 0 Å². The number of ether oxygens (including phenoxy) is 2. The predicted octanol–water partition coefficient (Wildman–Crippen LogP) is 3.35. The first kappa shape index (κ1) is 19.2. The molecule has 5 nitrogen and oxygen atoms in total. The lowest BCUT2D eigenvalue weighted by molar-refractivity contribution is -0.149. The van der Waals surface area contributed by atoms with E-state index in [1.54, 1.807) is 33.8 Å². The molecule has 0 rings (SSSR count). The van der Waals surface area contributed by atoms with Crippen molar-refractivity contribution in [2.45, 2.75) is 64.7 Å². The number of hydrogen-bond acceptors (Lipinski definition) is 4. The second-order valence-corrected chi connectivity index (χ2v) is 5.80. The van der Waals surface area contributed by atoms with Gasteiger partial charge in [0.25, 0.3) is 0 Å². The number of rotatable bonds is 8. The first-order chi connectivity index (χ1) is 9.69. The summed E-state index contributed by atoms with van der Waals surface area (Å²) in [5.41, 5.74) is -0.617. The van der Waals surface area contributed by atoms with Crippen LogP contribution in [0.25, 0.3) is 0 Å².